The molecule has 0 fully saturated rings. The molecule has 0 aliphatic carbocycles. The summed E-state index contributed by atoms with van der Waals surface area (Å²) in [5.74, 6) is 0. The summed E-state index contributed by atoms with van der Waals surface area (Å²) >= 11 is -0.769. The van der Waals surface area contributed by atoms with E-state index in [1.807, 2.05) is 36.4 Å². The number of benzene rings is 3. The zero-order valence-electron chi connectivity index (χ0n) is 14.6. The minimum absolute atomic E-state index is 0.173. The van der Waals surface area contributed by atoms with E-state index in [0.29, 0.717) is 0 Å². The summed E-state index contributed by atoms with van der Waals surface area (Å²) in [6.45, 7) is 0. The van der Waals surface area contributed by atoms with E-state index in [4.69, 9.17) is 0 Å². The van der Waals surface area contributed by atoms with Crippen LogP contribution in [0.4, 0.5) is 13.2 Å². The average molecular weight is 555 g/mol. The number of rotatable bonds is 4. The standard InChI is InChI=1S/C23H15F3SeTe/c24-23(25,26)18-12-7-13-19(14-18)27-20-15-21(16-8-3-1-4-9-16)28-22(20)17-10-5-2-6-11-17/h1-15H. The Balaban J connectivity index is 1.77. The van der Waals surface area contributed by atoms with Crippen molar-refractivity contribution in [2.45, 2.75) is 6.18 Å². The number of halogens is 3. The molecule has 0 saturated heterocycles. The van der Waals surface area contributed by atoms with Crippen molar-refractivity contribution in [3.05, 3.63) is 96.6 Å². The molecule has 4 rings (SSSR count). The predicted molar refractivity (Wildman–Crippen MR) is 111 cm³/mol. The average Bonchev–Trinajstić information content (AvgIpc) is 3.13. The fourth-order valence-corrected chi connectivity index (χ4v) is 9.66. The molecular formula is C23H15F3SeTe. The van der Waals surface area contributed by atoms with Crippen LogP contribution < -0.4 is 8.92 Å². The first-order valence-corrected chi connectivity index (χ1v) is 12.6. The van der Waals surface area contributed by atoms with E-state index in [1.54, 1.807) is 6.07 Å². The summed E-state index contributed by atoms with van der Waals surface area (Å²) in [7, 11) is 0. The molecule has 3 aromatic carbocycles. The van der Waals surface area contributed by atoms with Crippen molar-refractivity contribution in [3.8, 4) is 18.3 Å². The molecule has 4 aromatic rings. The van der Waals surface area contributed by atoms with Gasteiger partial charge >= 0.3 is 179 Å². The minimum atomic E-state index is -4.31. The number of hydrogen-bond donors (Lipinski definition) is 0. The zero-order chi connectivity index (χ0) is 19.6. The van der Waals surface area contributed by atoms with Gasteiger partial charge in [0.1, 0.15) is 0 Å². The summed E-state index contributed by atoms with van der Waals surface area (Å²) < 4.78 is 43.9. The summed E-state index contributed by atoms with van der Waals surface area (Å²) in [5, 5.41) is 0. The van der Waals surface area contributed by atoms with E-state index in [2.05, 4.69) is 30.3 Å². The number of alkyl halides is 3. The molecule has 28 heavy (non-hydrogen) atoms. The molecule has 0 saturated carbocycles. The van der Waals surface area contributed by atoms with Gasteiger partial charge in [0, 0.05) is 0 Å². The monoisotopic (exact) mass is 558 g/mol. The van der Waals surface area contributed by atoms with Gasteiger partial charge in [-0.05, 0) is 0 Å². The molecule has 1 heterocycles. The third-order valence-electron chi connectivity index (χ3n) is 4.18. The van der Waals surface area contributed by atoms with Gasteiger partial charge < -0.3 is 0 Å². The van der Waals surface area contributed by atoms with Crippen molar-refractivity contribution < 1.29 is 13.2 Å². The fourth-order valence-electron chi connectivity index (χ4n) is 2.85. The molecule has 0 unspecified atom stereocenters. The molecule has 0 atom stereocenters. The van der Waals surface area contributed by atoms with E-state index in [-0.39, 0.29) is 15.0 Å². The third kappa shape index (κ3) is 4.45. The molecule has 0 N–H and O–H groups in total. The Morgan fingerprint density at radius 1 is 0.679 bits per heavy atom. The Morgan fingerprint density at radius 2 is 1.32 bits per heavy atom. The molecule has 1 aromatic heterocycles. The SMILES string of the molecule is FC(F)(F)c1cccc([Se]c2cc(-c3ccccc3)[te]c2-c2ccccc2)c1. The second kappa shape index (κ2) is 8.31. The van der Waals surface area contributed by atoms with Gasteiger partial charge in [0.25, 0.3) is 0 Å². The first-order valence-electron chi connectivity index (χ1n) is 8.60. The first-order chi connectivity index (χ1) is 13.5. The van der Waals surface area contributed by atoms with Gasteiger partial charge in [0.05, 0.1) is 0 Å². The molecule has 0 bridgehead atoms. The summed E-state index contributed by atoms with van der Waals surface area (Å²) in [4.78, 5) is 0. The van der Waals surface area contributed by atoms with Crippen LogP contribution in [0.3, 0.4) is 0 Å². The van der Waals surface area contributed by atoms with Crippen molar-refractivity contribution in [3.63, 3.8) is 0 Å². The van der Waals surface area contributed by atoms with Crippen molar-refractivity contribution in [2.24, 2.45) is 0 Å². The Bertz CT molecular complexity index is 1070. The van der Waals surface area contributed by atoms with E-state index >= 15 is 0 Å². The van der Waals surface area contributed by atoms with E-state index in [1.165, 1.54) is 34.9 Å². The molecule has 0 amide bonds. The normalized spacial score (nSPS) is 11.5. The summed E-state index contributed by atoms with van der Waals surface area (Å²) in [6.07, 6.45) is -4.31. The van der Waals surface area contributed by atoms with Crippen LogP contribution in [-0.4, -0.2) is 35.4 Å². The van der Waals surface area contributed by atoms with Gasteiger partial charge in [-0.15, -0.1) is 0 Å². The van der Waals surface area contributed by atoms with Crippen LogP contribution in [0.1, 0.15) is 5.56 Å². The van der Waals surface area contributed by atoms with Crippen LogP contribution in [0, 0.1) is 0 Å². The van der Waals surface area contributed by atoms with Gasteiger partial charge in [-0.1, -0.05) is 0 Å². The molecule has 0 aliphatic heterocycles. The Labute approximate surface area is 177 Å². The van der Waals surface area contributed by atoms with Gasteiger partial charge in [0.2, 0.25) is 0 Å². The first kappa shape index (κ1) is 19.6. The summed E-state index contributed by atoms with van der Waals surface area (Å²) in [5.41, 5.74) is 1.83. The van der Waals surface area contributed by atoms with Gasteiger partial charge in [-0.3, -0.25) is 0 Å². The quantitative estimate of drug-likeness (QED) is 0.320. The van der Waals surface area contributed by atoms with E-state index in [9.17, 15) is 13.2 Å². The predicted octanol–water partition coefficient (Wildman–Crippen LogP) is 4.75. The van der Waals surface area contributed by atoms with Crippen LogP contribution in [0.15, 0.2) is 91.0 Å². The zero-order valence-corrected chi connectivity index (χ0v) is 18.7. The third-order valence-corrected chi connectivity index (χ3v) is 10.8. The topological polar surface area (TPSA) is 0 Å². The second-order valence-electron chi connectivity index (χ2n) is 6.16. The van der Waals surface area contributed by atoms with Gasteiger partial charge in [-0.25, -0.2) is 0 Å². The molecular weight excluding hydrogens is 540 g/mol. The molecule has 0 aliphatic rings. The Morgan fingerprint density at radius 3 is 1.96 bits per heavy atom. The molecule has 140 valence electrons. The maximum atomic E-state index is 13.1. The van der Waals surface area contributed by atoms with Gasteiger partial charge in [0.15, 0.2) is 0 Å². The van der Waals surface area contributed by atoms with Gasteiger partial charge in [-0.2, -0.15) is 0 Å². The van der Waals surface area contributed by atoms with Crippen molar-refractivity contribution >= 4 is 44.3 Å². The Kier molecular flexibility index (Phi) is 5.80. The molecule has 0 radical (unpaired) electrons. The van der Waals surface area contributed by atoms with Crippen LogP contribution in [0.5, 0.6) is 0 Å². The number of hydrogen-bond acceptors (Lipinski definition) is 0. The molecule has 0 nitrogen and oxygen atoms in total. The van der Waals surface area contributed by atoms with Crippen LogP contribution in [-0.2, 0) is 6.18 Å². The maximum absolute atomic E-state index is 13.1. The van der Waals surface area contributed by atoms with E-state index < -0.39 is 32.2 Å². The van der Waals surface area contributed by atoms with Crippen LogP contribution in [0.25, 0.3) is 18.3 Å². The van der Waals surface area contributed by atoms with Crippen molar-refractivity contribution in [1.29, 1.82) is 0 Å². The van der Waals surface area contributed by atoms with Crippen molar-refractivity contribution in [1.82, 2.24) is 0 Å². The van der Waals surface area contributed by atoms with Crippen LogP contribution in [0.2, 0.25) is 0 Å². The van der Waals surface area contributed by atoms with Crippen molar-refractivity contribution in [2.75, 3.05) is 0 Å². The molecule has 0 spiro atoms. The second-order valence-corrected chi connectivity index (χ2v) is 11.5. The van der Waals surface area contributed by atoms with E-state index in [0.717, 1.165) is 10.5 Å². The summed E-state index contributed by atoms with van der Waals surface area (Å²) in [6, 6.07) is 28.5. The molecule has 5 heteroatoms. The fraction of sp³-hybridized carbons (Fsp3) is 0.0435. The Hall–Kier alpha value is -1.76. The van der Waals surface area contributed by atoms with Crippen LogP contribution >= 0.6 is 0 Å².